The highest BCUT2D eigenvalue weighted by Gasteiger charge is 2.28. The normalized spacial score (nSPS) is 15.1. The van der Waals surface area contributed by atoms with Crippen molar-refractivity contribution in [2.45, 2.75) is 13.0 Å². The number of benzene rings is 8. The van der Waals surface area contributed by atoms with Crippen molar-refractivity contribution in [2.24, 2.45) is 5.92 Å². The fourth-order valence-corrected chi connectivity index (χ4v) is 10.5. The van der Waals surface area contributed by atoms with Gasteiger partial charge in [0.15, 0.2) is 0 Å². The van der Waals surface area contributed by atoms with Crippen LogP contribution in [0.2, 0.25) is 0 Å². The number of nitrogens with zero attached hydrogens (tertiary/aromatic N) is 2. The van der Waals surface area contributed by atoms with Crippen LogP contribution in [0.1, 0.15) is 12.5 Å². The van der Waals surface area contributed by atoms with Gasteiger partial charge in [-0.25, -0.2) is 0 Å². The number of para-hydroxylation sites is 2. The fraction of sp³-hybridized carbons (Fsp3) is 0.0526. The van der Waals surface area contributed by atoms with Gasteiger partial charge in [0.05, 0.1) is 21.8 Å². The lowest BCUT2D eigenvalue weighted by atomic mass is 9.88. The van der Waals surface area contributed by atoms with Gasteiger partial charge >= 0.3 is 0 Å². The summed E-state index contributed by atoms with van der Waals surface area (Å²) >= 11 is 1.92. The van der Waals surface area contributed by atoms with E-state index in [4.69, 9.17) is 0 Å². The number of aromatic nitrogens is 1. The molecule has 0 saturated carbocycles. The molecule has 0 bridgehead atoms. The summed E-state index contributed by atoms with van der Waals surface area (Å²) < 4.78 is 5.12. The fourth-order valence-electron chi connectivity index (χ4n) is 9.14. The summed E-state index contributed by atoms with van der Waals surface area (Å²) in [5, 5.41) is 2.60. The minimum absolute atomic E-state index is 0.101. The van der Waals surface area contributed by atoms with Gasteiger partial charge in [0.1, 0.15) is 0 Å². The molecule has 2 heterocycles. The molecule has 2 unspecified atom stereocenters. The molecule has 0 radical (unpaired) electrons. The molecule has 0 aliphatic heterocycles. The number of thiophene rings is 1. The Hall–Kier alpha value is -7.20. The van der Waals surface area contributed by atoms with Crippen LogP contribution in [0, 0.1) is 5.92 Å². The van der Waals surface area contributed by atoms with Gasteiger partial charge in [-0.05, 0) is 92.9 Å². The van der Waals surface area contributed by atoms with Gasteiger partial charge in [-0.1, -0.05) is 189 Å². The number of hydrogen-bond donors (Lipinski definition) is 0. The zero-order chi connectivity index (χ0) is 40.0. The van der Waals surface area contributed by atoms with Crippen molar-refractivity contribution in [1.29, 1.82) is 0 Å². The van der Waals surface area contributed by atoms with Crippen molar-refractivity contribution >= 4 is 59.5 Å². The third kappa shape index (κ3) is 6.36. The molecule has 0 N–H and O–H groups in total. The van der Waals surface area contributed by atoms with Crippen LogP contribution in [0.25, 0.3) is 75.8 Å². The Morgan fingerprint density at radius 1 is 0.467 bits per heavy atom. The molecule has 10 aromatic rings. The van der Waals surface area contributed by atoms with Crippen LogP contribution in [0.5, 0.6) is 0 Å². The number of anilines is 2. The van der Waals surface area contributed by atoms with Crippen LogP contribution in [-0.4, -0.2) is 10.6 Å². The molecule has 2 nitrogen and oxygen atoms in total. The average molecular weight is 787 g/mol. The number of hydrogen-bond acceptors (Lipinski definition) is 2. The first-order chi connectivity index (χ1) is 29.7. The smallest absolute Gasteiger partial charge is 0.0727 e. The van der Waals surface area contributed by atoms with Gasteiger partial charge in [-0.15, -0.1) is 11.3 Å². The van der Waals surface area contributed by atoms with Crippen molar-refractivity contribution in [2.75, 3.05) is 4.90 Å². The third-order valence-corrected chi connectivity index (χ3v) is 13.3. The van der Waals surface area contributed by atoms with Gasteiger partial charge in [0, 0.05) is 32.5 Å². The Labute approximate surface area is 355 Å². The van der Waals surface area contributed by atoms with E-state index in [1.165, 1.54) is 92.8 Å². The van der Waals surface area contributed by atoms with Crippen LogP contribution in [0.4, 0.5) is 11.4 Å². The summed E-state index contributed by atoms with van der Waals surface area (Å²) in [5.41, 5.74) is 15.9. The maximum atomic E-state index is 2.53. The van der Waals surface area contributed by atoms with Gasteiger partial charge in [-0.2, -0.15) is 0 Å². The molecule has 1 aliphatic carbocycles. The molecular weight excluding hydrogens is 745 g/mol. The largest absolute Gasteiger partial charge is 0.334 e. The van der Waals surface area contributed by atoms with E-state index in [9.17, 15) is 0 Å². The summed E-state index contributed by atoms with van der Waals surface area (Å²) in [6, 6.07) is 74.9. The first-order valence-electron chi connectivity index (χ1n) is 20.8. The van der Waals surface area contributed by atoms with Gasteiger partial charge in [0.25, 0.3) is 0 Å². The Bertz CT molecular complexity index is 3190. The molecule has 60 heavy (non-hydrogen) atoms. The minimum Gasteiger partial charge on any atom is -0.334 e. The second-order valence-corrected chi connectivity index (χ2v) is 16.8. The van der Waals surface area contributed by atoms with Gasteiger partial charge in [-0.3, -0.25) is 0 Å². The second kappa shape index (κ2) is 15.2. The number of allylic oxidation sites excluding steroid dienone is 2. The average Bonchev–Trinajstić information content (AvgIpc) is 3.86. The lowest BCUT2D eigenvalue weighted by Crippen LogP contribution is -2.35. The molecule has 2 aromatic heterocycles. The van der Waals surface area contributed by atoms with E-state index in [-0.39, 0.29) is 12.0 Å². The van der Waals surface area contributed by atoms with Crippen LogP contribution in [0.15, 0.2) is 224 Å². The molecule has 2 atom stereocenters. The second-order valence-electron chi connectivity index (χ2n) is 15.8. The predicted octanol–water partition coefficient (Wildman–Crippen LogP) is 15.8. The molecule has 0 amide bonds. The predicted molar refractivity (Wildman–Crippen MR) is 258 cm³/mol. The summed E-state index contributed by atoms with van der Waals surface area (Å²) in [4.78, 5) is 2.53. The molecule has 11 rings (SSSR count). The Morgan fingerprint density at radius 2 is 1.02 bits per heavy atom. The van der Waals surface area contributed by atoms with E-state index in [1.54, 1.807) is 0 Å². The Morgan fingerprint density at radius 3 is 1.70 bits per heavy atom. The first-order valence-corrected chi connectivity index (χ1v) is 21.6. The van der Waals surface area contributed by atoms with Gasteiger partial charge in [0.2, 0.25) is 0 Å². The van der Waals surface area contributed by atoms with E-state index in [0.717, 1.165) is 0 Å². The number of rotatable bonds is 8. The molecule has 286 valence electrons. The molecular formula is C57H42N2S. The van der Waals surface area contributed by atoms with Crippen molar-refractivity contribution in [3.8, 4) is 39.1 Å². The highest BCUT2D eigenvalue weighted by molar-refractivity contribution is 7.27. The Balaban J connectivity index is 0.971. The molecule has 0 saturated heterocycles. The monoisotopic (exact) mass is 786 g/mol. The van der Waals surface area contributed by atoms with Crippen molar-refractivity contribution in [3.63, 3.8) is 0 Å². The van der Waals surface area contributed by atoms with Crippen molar-refractivity contribution in [3.05, 3.63) is 230 Å². The lowest BCUT2D eigenvalue weighted by molar-refractivity contribution is 0.611. The van der Waals surface area contributed by atoms with Crippen LogP contribution in [0.3, 0.4) is 0 Å². The standard InChI is InChI=1S/C57H42N2S/c1-39-37-46(50-24-14-25-52-55-57(60-56(50)52)51-23-11-12-26-54(51)59(55)47-20-9-4-10-21-47)33-36-53(39)58(49-22-13-19-45(38-49)41-17-7-3-8-18-41)48-34-31-44(32-35-48)43-29-27-42(28-30-43)40-15-5-2-6-16-40/h2-39,53H,1H3. The summed E-state index contributed by atoms with van der Waals surface area (Å²) in [7, 11) is 0. The zero-order valence-electron chi connectivity index (χ0n) is 33.3. The summed E-state index contributed by atoms with van der Waals surface area (Å²) in [5.74, 6) is 0.221. The zero-order valence-corrected chi connectivity index (χ0v) is 34.1. The SMILES string of the molecule is CC1C=C(c2cccc3c2sc2c4ccccc4n(-c4ccccc4)c32)C=CC1N(c1ccc(-c2ccc(-c3ccccc3)cc2)cc1)c1cccc(-c2ccccc2)c1. The van der Waals surface area contributed by atoms with E-state index >= 15 is 0 Å². The van der Waals surface area contributed by atoms with E-state index in [2.05, 4.69) is 241 Å². The molecule has 0 spiro atoms. The first kappa shape index (κ1) is 35.9. The van der Waals surface area contributed by atoms with E-state index in [1.807, 2.05) is 11.3 Å². The summed E-state index contributed by atoms with van der Waals surface area (Å²) in [6.45, 7) is 2.37. The third-order valence-electron chi connectivity index (χ3n) is 12.1. The maximum absolute atomic E-state index is 2.53. The molecule has 0 fully saturated rings. The molecule has 8 aromatic carbocycles. The number of fused-ring (bicyclic) bond motifs is 5. The maximum Gasteiger partial charge on any atom is 0.0727 e. The lowest BCUT2D eigenvalue weighted by Gasteiger charge is -2.37. The molecule has 3 heteroatoms. The minimum atomic E-state index is 0.101. The van der Waals surface area contributed by atoms with E-state index in [0.29, 0.717) is 0 Å². The molecule has 1 aliphatic rings. The Kier molecular flexibility index (Phi) is 9.10. The van der Waals surface area contributed by atoms with E-state index < -0.39 is 0 Å². The highest BCUT2D eigenvalue weighted by Crippen LogP contribution is 2.46. The topological polar surface area (TPSA) is 8.17 Å². The van der Waals surface area contributed by atoms with Crippen LogP contribution >= 0.6 is 11.3 Å². The highest BCUT2D eigenvalue weighted by atomic mass is 32.1. The van der Waals surface area contributed by atoms with Gasteiger partial charge < -0.3 is 9.47 Å². The van der Waals surface area contributed by atoms with Crippen molar-refractivity contribution in [1.82, 2.24) is 4.57 Å². The summed E-state index contributed by atoms with van der Waals surface area (Å²) in [6.07, 6.45) is 7.28. The van der Waals surface area contributed by atoms with Crippen molar-refractivity contribution < 1.29 is 0 Å². The van der Waals surface area contributed by atoms with Crippen LogP contribution < -0.4 is 4.90 Å². The van der Waals surface area contributed by atoms with Crippen LogP contribution in [-0.2, 0) is 0 Å². The quantitative estimate of drug-likeness (QED) is 0.149.